The Labute approximate surface area is 150 Å². The summed E-state index contributed by atoms with van der Waals surface area (Å²) >= 11 is 0. The van der Waals surface area contributed by atoms with Crippen LogP contribution in [0.25, 0.3) is 11.3 Å². The average molecular weight is 340 g/mol. The standard InChI is InChI=1S/C20H28N4O/c1-3-4-12-24(2)20-22-18(16-9-6-5-7-10-16)14-19(23-20)21-15-17-11-8-13-25-17/h5-7,9-10,14,17H,3-4,8,11-13,15H2,1-2H3,(H,21,22,23). The summed E-state index contributed by atoms with van der Waals surface area (Å²) in [6.07, 6.45) is 4.85. The molecule has 1 N–H and O–H groups in total. The molecule has 3 rings (SSSR count). The van der Waals surface area contributed by atoms with E-state index in [2.05, 4.69) is 36.3 Å². The molecule has 1 saturated heterocycles. The van der Waals surface area contributed by atoms with Crippen molar-refractivity contribution in [1.82, 2.24) is 9.97 Å². The first kappa shape index (κ1) is 17.7. The van der Waals surface area contributed by atoms with E-state index in [0.717, 1.165) is 68.4 Å². The van der Waals surface area contributed by atoms with Crippen molar-refractivity contribution in [3.8, 4) is 11.3 Å². The van der Waals surface area contributed by atoms with Crippen molar-refractivity contribution in [2.75, 3.05) is 37.0 Å². The van der Waals surface area contributed by atoms with Gasteiger partial charge < -0.3 is 15.0 Å². The lowest BCUT2D eigenvalue weighted by molar-refractivity contribution is 0.120. The second-order valence-electron chi connectivity index (χ2n) is 6.60. The molecule has 0 saturated carbocycles. The Morgan fingerprint density at radius 1 is 1.24 bits per heavy atom. The molecule has 1 aliphatic rings. The molecule has 1 atom stereocenters. The molecular formula is C20H28N4O. The number of anilines is 2. The molecule has 0 aliphatic carbocycles. The Morgan fingerprint density at radius 2 is 2.08 bits per heavy atom. The van der Waals surface area contributed by atoms with Gasteiger partial charge in [0.15, 0.2) is 0 Å². The first-order chi connectivity index (χ1) is 12.3. The fraction of sp³-hybridized carbons (Fsp3) is 0.500. The first-order valence-corrected chi connectivity index (χ1v) is 9.27. The average Bonchev–Trinajstić information content (AvgIpc) is 3.18. The molecule has 134 valence electrons. The third-order valence-corrected chi connectivity index (χ3v) is 4.51. The van der Waals surface area contributed by atoms with Crippen LogP contribution in [0.4, 0.5) is 11.8 Å². The smallest absolute Gasteiger partial charge is 0.227 e. The van der Waals surface area contributed by atoms with E-state index in [1.807, 2.05) is 24.3 Å². The number of hydrogen-bond donors (Lipinski definition) is 1. The van der Waals surface area contributed by atoms with E-state index in [1.165, 1.54) is 0 Å². The van der Waals surface area contributed by atoms with Gasteiger partial charge in [-0.2, -0.15) is 4.98 Å². The van der Waals surface area contributed by atoms with Crippen molar-refractivity contribution in [1.29, 1.82) is 0 Å². The second kappa shape index (κ2) is 8.81. The highest BCUT2D eigenvalue weighted by Crippen LogP contribution is 2.23. The molecular weight excluding hydrogens is 312 g/mol. The van der Waals surface area contributed by atoms with Crippen LogP contribution in [-0.4, -0.2) is 42.8 Å². The van der Waals surface area contributed by atoms with E-state index in [4.69, 9.17) is 14.7 Å². The van der Waals surface area contributed by atoms with Crippen LogP contribution in [0.3, 0.4) is 0 Å². The number of aromatic nitrogens is 2. The van der Waals surface area contributed by atoms with Crippen molar-refractivity contribution < 1.29 is 4.74 Å². The summed E-state index contributed by atoms with van der Waals surface area (Å²) in [5.41, 5.74) is 2.05. The van der Waals surface area contributed by atoms with Crippen molar-refractivity contribution in [3.05, 3.63) is 36.4 Å². The van der Waals surface area contributed by atoms with Crippen molar-refractivity contribution in [2.24, 2.45) is 0 Å². The Hall–Kier alpha value is -2.14. The lowest BCUT2D eigenvalue weighted by Crippen LogP contribution is -2.23. The Kier molecular flexibility index (Phi) is 6.23. The topological polar surface area (TPSA) is 50.3 Å². The van der Waals surface area contributed by atoms with E-state index in [-0.39, 0.29) is 6.10 Å². The summed E-state index contributed by atoms with van der Waals surface area (Å²) in [5.74, 6) is 1.63. The monoisotopic (exact) mass is 340 g/mol. The largest absolute Gasteiger partial charge is 0.376 e. The summed E-state index contributed by atoms with van der Waals surface area (Å²) in [4.78, 5) is 11.6. The molecule has 0 bridgehead atoms. The predicted octanol–water partition coefficient (Wildman–Crippen LogP) is 3.97. The highest BCUT2D eigenvalue weighted by atomic mass is 16.5. The van der Waals surface area contributed by atoms with Gasteiger partial charge in [-0.3, -0.25) is 0 Å². The maximum atomic E-state index is 5.70. The highest BCUT2D eigenvalue weighted by molar-refractivity contribution is 5.64. The number of rotatable bonds is 8. The maximum Gasteiger partial charge on any atom is 0.227 e. The van der Waals surface area contributed by atoms with E-state index >= 15 is 0 Å². The number of nitrogens with zero attached hydrogens (tertiary/aromatic N) is 3. The first-order valence-electron chi connectivity index (χ1n) is 9.27. The zero-order valence-electron chi connectivity index (χ0n) is 15.2. The minimum absolute atomic E-state index is 0.288. The summed E-state index contributed by atoms with van der Waals surface area (Å²) in [5, 5.41) is 3.45. The van der Waals surface area contributed by atoms with Crippen LogP contribution in [-0.2, 0) is 4.74 Å². The van der Waals surface area contributed by atoms with Crippen LogP contribution in [0.5, 0.6) is 0 Å². The van der Waals surface area contributed by atoms with Crippen molar-refractivity contribution >= 4 is 11.8 Å². The number of hydrogen-bond acceptors (Lipinski definition) is 5. The van der Waals surface area contributed by atoms with Gasteiger partial charge in [-0.05, 0) is 19.3 Å². The lowest BCUT2D eigenvalue weighted by Gasteiger charge is -2.19. The Balaban J connectivity index is 1.82. The molecule has 2 heterocycles. The van der Waals surface area contributed by atoms with Crippen LogP contribution in [0.1, 0.15) is 32.6 Å². The molecule has 0 radical (unpaired) electrons. The molecule has 5 nitrogen and oxygen atoms in total. The number of ether oxygens (including phenoxy) is 1. The molecule has 1 aromatic carbocycles. The fourth-order valence-corrected chi connectivity index (χ4v) is 2.97. The van der Waals surface area contributed by atoms with Gasteiger partial charge in [-0.1, -0.05) is 43.7 Å². The van der Waals surface area contributed by atoms with E-state index in [0.29, 0.717) is 0 Å². The number of benzene rings is 1. The minimum Gasteiger partial charge on any atom is -0.376 e. The van der Waals surface area contributed by atoms with Gasteiger partial charge >= 0.3 is 0 Å². The van der Waals surface area contributed by atoms with Crippen LogP contribution >= 0.6 is 0 Å². The molecule has 5 heteroatoms. The van der Waals surface area contributed by atoms with E-state index < -0.39 is 0 Å². The molecule has 2 aromatic rings. The predicted molar refractivity (Wildman–Crippen MR) is 103 cm³/mol. The van der Waals surface area contributed by atoms with Gasteiger partial charge in [0, 0.05) is 38.4 Å². The molecule has 0 amide bonds. The van der Waals surface area contributed by atoms with E-state index in [1.54, 1.807) is 0 Å². The normalized spacial score (nSPS) is 16.8. The molecule has 1 aromatic heterocycles. The SMILES string of the molecule is CCCCN(C)c1nc(NCC2CCCO2)cc(-c2ccccc2)n1. The van der Waals surface area contributed by atoms with Crippen LogP contribution in [0.15, 0.2) is 36.4 Å². The zero-order valence-corrected chi connectivity index (χ0v) is 15.2. The lowest BCUT2D eigenvalue weighted by atomic mass is 10.1. The van der Waals surface area contributed by atoms with Crippen LogP contribution in [0, 0.1) is 0 Å². The van der Waals surface area contributed by atoms with Gasteiger partial charge in [0.2, 0.25) is 5.95 Å². The van der Waals surface area contributed by atoms with Gasteiger partial charge in [0.1, 0.15) is 5.82 Å². The quantitative estimate of drug-likeness (QED) is 0.788. The Morgan fingerprint density at radius 3 is 2.80 bits per heavy atom. The summed E-state index contributed by atoms with van der Waals surface area (Å²) in [6, 6.07) is 12.3. The fourth-order valence-electron chi connectivity index (χ4n) is 2.97. The van der Waals surface area contributed by atoms with Crippen molar-refractivity contribution in [3.63, 3.8) is 0 Å². The van der Waals surface area contributed by atoms with E-state index in [9.17, 15) is 0 Å². The van der Waals surface area contributed by atoms with Gasteiger partial charge in [-0.15, -0.1) is 0 Å². The molecule has 1 aliphatic heterocycles. The molecule has 1 unspecified atom stereocenters. The summed E-state index contributed by atoms with van der Waals surface area (Å²) in [6.45, 7) is 4.82. The molecule has 1 fully saturated rings. The summed E-state index contributed by atoms with van der Waals surface area (Å²) in [7, 11) is 2.06. The maximum absolute atomic E-state index is 5.70. The number of nitrogens with one attached hydrogen (secondary N) is 1. The van der Waals surface area contributed by atoms with Crippen LogP contribution < -0.4 is 10.2 Å². The summed E-state index contributed by atoms with van der Waals surface area (Å²) < 4.78 is 5.70. The Bertz CT molecular complexity index is 656. The third-order valence-electron chi connectivity index (χ3n) is 4.51. The number of unbranched alkanes of at least 4 members (excludes halogenated alkanes) is 1. The minimum atomic E-state index is 0.288. The highest BCUT2D eigenvalue weighted by Gasteiger charge is 2.16. The molecule has 25 heavy (non-hydrogen) atoms. The van der Waals surface area contributed by atoms with Crippen LogP contribution in [0.2, 0.25) is 0 Å². The van der Waals surface area contributed by atoms with Gasteiger partial charge in [0.05, 0.1) is 11.8 Å². The second-order valence-corrected chi connectivity index (χ2v) is 6.60. The van der Waals surface area contributed by atoms with Gasteiger partial charge in [-0.25, -0.2) is 4.98 Å². The molecule has 0 spiro atoms. The third kappa shape index (κ3) is 4.92. The van der Waals surface area contributed by atoms with Gasteiger partial charge in [0.25, 0.3) is 0 Å². The zero-order chi connectivity index (χ0) is 17.5. The van der Waals surface area contributed by atoms with Crippen molar-refractivity contribution in [2.45, 2.75) is 38.7 Å².